The van der Waals surface area contributed by atoms with Crippen LogP contribution < -0.4 is 0 Å². The quantitative estimate of drug-likeness (QED) is 0.169. The Balaban J connectivity index is 1.03. The minimum absolute atomic E-state index is 0.193. The van der Waals surface area contributed by atoms with Gasteiger partial charge >= 0.3 is 0 Å². The molecule has 0 saturated heterocycles. The first-order valence-electron chi connectivity index (χ1n) is 19.0. The number of aryl methyl sites for hydroxylation is 4. The van der Waals surface area contributed by atoms with E-state index in [1.807, 2.05) is 0 Å². The number of aromatic nitrogens is 1. The highest BCUT2D eigenvalue weighted by Gasteiger charge is 2.31. The summed E-state index contributed by atoms with van der Waals surface area (Å²) in [6, 6.07) is 63.3. The summed E-state index contributed by atoms with van der Waals surface area (Å²) >= 11 is 0. The molecule has 1 aromatic heterocycles. The lowest BCUT2D eigenvalue weighted by atomic mass is 9.87. The van der Waals surface area contributed by atoms with Crippen molar-refractivity contribution in [1.29, 1.82) is 0 Å². The van der Waals surface area contributed by atoms with Crippen LogP contribution in [0.4, 0.5) is 0 Å². The van der Waals surface area contributed by atoms with Crippen molar-refractivity contribution in [3.63, 3.8) is 0 Å². The molecule has 1 heteroatoms. The van der Waals surface area contributed by atoms with Crippen molar-refractivity contribution in [3.05, 3.63) is 209 Å². The van der Waals surface area contributed by atoms with Crippen LogP contribution >= 0.6 is 0 Å². The first-order chi connectivity index (χ1) is 26.4. The van der Waals surface area contributed by atoms with Gasteiger partial charge in [0.25, 0.3) is 0 Å². The van der Waals surface area contributed by atoms with Crippen LogP contribution in [0.15, 0.2) is 170 Å². The van der Waals surface area contributed by atoms with Crippen molar-refractivity contribution in [2.24, 2.45) is 0 Å². The Labute approximate surface area is 317 Å². The molecule has 0 saturated carbocycles. The van der Waals surface area contributed by atoms with Gasteiger partial charge in [-0.1, -0.05) is 140 Å². The maximum atomic E-state index is 2.44. The molecule has 54 heavy (non-hydrogen) atoms. The summed E-state index contributed by atoms with van der Waals surface area (Å²) in [7, 11) is 0. The Morgan fingerprint density at radius 1 is 0.389 bits per heavy atom. The molecule has 1 heterocycles. The lowest BCUT2D eigenvalue weighted by Gasteiger charge is -2.17. The second-order valence-corrected chi connectivity index (χ2v) is 15.1. The van der Waals surface area contributed by atoms with Crippen molar-refractivity contribution in [2.75, 3.05) is 0 Å². The Morgan fingerprint density at radius 3 is 1.67 bits per heavy atom. The summed E-state index contributed by atoms with van der Waals surface area (Å²) in [5, 5.41) is 2.61. The van der Waals surface area contributed by atoms with Crippen LogP contribution in [0.1, 0.15) is 44.9 Å². The van der Waals surface area contributed by atoms with Crippen LogP contribution in [-0.4, -0.2) is 4.57 Å². The zero-order chi connectivity index (χ0) is 36.5. The zero-order valence-electron chi connectivity index (χ0n) is 31.2. The second kappa shape index (κ2) is 12.6. The summed E-state index contributed by atoms with van der Waals surface area (Å²) in [4.78, 5) is 0. The molecule has 0 fully saturated rings. The van der Waals surface area contributed by atoms with Crippen molar-refractivity contribution in [2.45, 2.75) is 33.6 Å². The molecule has 9 aromatic rings. The Kier molecular flexibility index (Phi) is 7.52. The molecule has 1 aliphatic carbocycles. The molecular weight excluding hydrogens is 651 g/mol. The molecule has 0 radical (unpaired) electrons. The van der Waals surface area contributed by atoms with E-state index in [0.717, 1.165) is 0 Å². The standard InChI is InChI=1S/C53H41N/c1-33-11-5-7-15-43(33)40-25-29-45-48(31-40)53(47-17-9-13-35(3)51(45)47)39-21-19-37(20-22-39)38-23-27-42(28-24-38)54-49-18-10-14-36(4)52(49)46-30-26-41(32-50(46)54)44-16-8-6-12-34(44)2/h5-32,53H,1-4H3. The molecule has 0 aliphatic heterocycles. The number of hydrogen-bond donors (Lipinski definition) is 0. The molecule has 1 nitrogen and oxygen atoms in total. The van der Waals surface area contributed by atoms with Crippen molar-refractivity contribution < 1.29 is 0 Å². The maximum Gasteiger partial charge on any atom is 0.0547 e. The molecular formula is C53H41N. The van der Waals surface area contributed by atoms with Crippen LogP contribution in [0.5, 0.6) is 0 Å². The van der Waals surface area contributed by atoms with Gasteiger partial charge in [-0.25, -0.2) is 0 Å². The van der Waals surface area contributed by atoms with E-state index in [9.17, 15) is 0 Å². The molecule has 0 N–H and O–H groups in total. The van der Waals surface area contributed by atoms with Crippen LogP contribution in [0.3, 0.4) is 0 Å². The highest BCUT2D eigenvalue weighted by Crippen LogP contribution is 2.50. The fourth-order valence-electron chi connectivity index (χ4n) is 9.18. The normalized spacial score (nSPS) is 13.4. The summed E-state index contributed by atoms with van der Waals surface area (Å²) in [6.45, 7) is 8.87. The molecule has 0 spiro atoms. The third kappa shape index (κ3) is 5.07. The highest BCUT2D eigenvalue weighted by molar-refractivity contribution is 6.11. The molecule has 1 unspecified atom stereocenters. The van der Waals surface area contributed by atoms with Gasteiger partial charge in [0.15, 0.2) is 0 Å². The third-order valence-corrected chi connectivity index (χ3v) is 11.9. The molecule has 1 aliphatic rings. The molecule has 1 atom stereocenters. The van der Waals surface area contributed by atoms with Gasteiger partial charge in [-0.2, -0.15) is 0 Å². The van der Waals surface area contributed by atoms with E-state index >= 15 is 0 Å². The van der Waals surface area contributed by atoms with Gasteiger partial charge in [0.2, 0.25) is 0 Å². The third-order valence-electron chi connectivity index (χ3n) is 11.9. The van der Waals surface area contributed by atoms with E-state index in [4.69, 9.17) is 0 Å². The Bertz CT molecular complexity index is 2900. The van der Waals surface area contributed by atoms with Crippen molar-refractivity contribution >= 4 is 21.8 Å². The minimum Gasteiger partial charge on any atom is -0.309 e. The summed E-state index contributed by atoms with van der Waals surface area (Å²) in [5.41, 5.74) is 23.3. The van der Waals surface area contributed by atoms with E-state index in [1.165, 1.54) is 111 Å². The largest absolute Gasteiger partial charge is 0.309 e. The average molecular weight is 692 g/mol. The van der Waals surface area contributed by atoms with E-state index < -0.39 is 0 Å². The van der Waals surface area contributed by atoms with E-state index in [2.05, 4.69) is 202 Å². The average Bonchev–Trinajstić information content (AvgIpc) is 3.72. The Morgan fingerprint density at radius 2 is 0.963 bits per heavy atom. The number of nitrogens with zero attached hydrogens (tertiary/aromatic N) is 1. The first kappa shape index (κ1) is 32.2. The summed E-state index contributed by atoms with van der Waals surface area (Å²) < 4.78 is 2.44. The monoisotopic (exact) mass is 691 g/mol. The van der Waals surface area contributed by atoms with Gasteiger partial charge in [-0.15, -0.1) is 0 Å². The molecule has 10 rings (SSSR count). The fraction of sp³-hybridized carbons (Fsp3) is 0.0943. The summed E-state index contributed by atoms with van der Waals surface area (Å²) in [5.74, 6) is 0.193. The predicted molar refractivity (Wildman–Crippen MR) is 229 cm³/mol. The van der Waals surface area contributed by atoms with E-state index in [-0.39, 0.29) is 5.92 Å². The lowest BCUT2D eigenvalue weighted by Crippen LogP contribution is -2.00. The van der Waals surface area contributed by atoms with Crippen LogP contribution in [0.2, 0.25) is 0 Å². The van der Waals surface area contributed by atoms with Gasteiger partial charge in [-0.05, 0) is 141 Å². The Hall–Kier alpha value is -6.44. The van der Waals surface area contributed by atoms with Gasteiger partial charge < -0.3 is 4.57 Å². The number of fused-ring (bicyclic) bond motifs is 6. The fourth-order valence-corrected chi connectivity index (χ4v) is 9.18. The number of hydrogen-bond acceptors (Lipinski definition) is 0. The first-order valence-corrected chi connectivity index (χ1v) is 19.0. The number of benzene rings is 8. The molecule has 8 aromatic carbocycles. The van der Waals surface area contributed by atoms with E-state index in [0.29, 0.717) is 0 Å². The molecule has 0 amide bonds. The SMILES string of the molecule is Cc1ccccc1-c1ccc2c(c1)C(c1ccc(-c3ccc(-n4c5cc(-c6ccccc6C)ccc5c5c(C)cccc54)cc3)cc1)c1cccc(C)c1-2. The predicted octanol–water partition coefficient (Wildman–Crippen LogP) is 14.2. The lowest BCUT2D eigenvalue weighted by molar-refractivity contribution is 1.01. The maximum absolute atomic E-state index is 2.44. The number of rotatable bonds is 5. The van der Waals surface area contributed by atoms with Crippen LogP contribution in [-0.2, 0) is 0 Å². The van der Waals surface area contributed by atoms with Gasteiger partial charge in [0.05, 0.1) is 11.0 Å². The van der Waals surface area contributed by atoms with E-state index in [1.54, 1.807) is 0 Å². The minimum atomic E-state index is 0.193. The van der Waals surface area contributed by atoms with Crippen LogP contribution in [0.25, 0.3) is 72.0 Å². The van der Waals surface area contributed by atoms with Gasteiger partial charge in [0, 0.05) is 22.4 Å². The second-order valence-electron chi connectivity index (χ2n) is 15.1. The highest BCUT2D eigenvalue weighted by atomic mass is 15.0. The van der Waals surface area contributed by atoms with Gasteiger partial charge in [0.1, 0.15) is 0 Å². The van der Waals surface area contributed by atoms with Crippen molar-refractivity contribution in [3.8, 4) is 50.2 Å². The molecule has 258 valence electrons. The van der Waals surface area contributed by atoms with Crippen molar-refractivity contribution in [1.82, 2.24) is 4.57 Å². The molecule has 0 bridgehead atoms. The van der Waals surface area contributed by atoms with Crippen LogP contribution in [0, 0.1) is 27.7 Å². The topological polar surface area (TPSA) is 4.93 Å². The smallest absolute Gasteiger partial charge is 0.0547 e. The zero-order valence-corrected chi connectivity index (χ0v) is 31.2. The summed E-state index contributed by atoms with van der Waals surface area (Å²) in [6.07, 6.45) is 0. The van der Waals surface area contributed by atoms with Gasteiger partial charge in [-0.3, -0.25) is 0 Å².